The number of rotatable bonds is 4. The van der Waals surface area contributed by atoms with Gasteiger partial charge in [-0.25, -0.2) is 5.14 Å². The highest BCUT2D eigenvalue weighted by atomic mass is 32.2. The van der Waals surface area contributed by atoms with Crippen molar-refractivity contribution in [2.24, 2.45) is 5.14 Å². The van der Waals surface area contributed by atoms with E-state index in [1.165, 1.54) is 5.56 Å². The Kier molecular flexibility index (Phi) is 3.84. The van der Waals surface area contributed by atoms with Gasteiger partial charge in [-0.1, -0.05) is 38.1 Å². The van der Waals surface area contributed by atoms with Crippen molar-refractivity contribution in [2.75, 3.05) is 0 Å². The standard InChI is InChI=1S/C10H16N2O2S/c1-8(2)10-5-3-9(4-6-10)7-12-15(11,13)14/h3-6,8,12H,7H2,1-2H3,(H2,11,13,14). The zero-order chi connectivity index (χ0) is 11.5. The largest absolute Gasteiger partial charge is 0.274 e. The first-order chi connectivity index (χ1) is 6.88. The van der Waals surface area contributed by atoms with E-state index >= 15 is 0 Å². The number of nitrogens with one attached hydrogen (secondary N) is 1. The summed E-state index contributed by atoms with van der Waals surface area (Å²) in [6, 6.07) is 7.77. The van der Waals surface area contributed by atoms with Crippen LogP contribution in [-0.2, 0) is 16.8 Å². The molecule has 0 spiro atoms. The Balaban J connectivity index is 2.65. The third-order valence-electron chi connectivity index (χ3n) is 2.12. The van der Waals surface area contributed by atoms with Crippen molar-refractivity contribution >= 4 is 10.2 Å². The third kappa shape index (κ3) is 4.42. The molecule has 0 saturated heterocycles. The molecule has 0 bridgehead atoms. The molecule has 0 fully saturated rings. The van der Waals surface area contributed by atoms with Crippen LogP contribution in [0.25, 0.3) is 0 Å². The first kappa shape index (κ1) is 12.2. The summed E-state index contributed by atoms with van der Waals surface area (Å²) in [7, 11) is -3.60. The second-order valence-electron chi connectivity index (χ2n) is 3.76. The lowest BCUT2D eigenvalue weighted by Crippen LogP contribution is -2.30. The molecule has 3 N–H and O–H groups in total. The predicted octanol–water partition coefficient (Wildman–Crippen LogP) is 1.10. The van der Waals surface area contributed by atoms with Crippen LogP contribution in [0, 0.1) is 0 Å². The first-order valence-corrected chi connectivity index (χ1v) is 6.29. The summed E-state index contributed by atoms with van der Waals surface area (Å²) in [6.07, 6.45) is 0. The maximum atomic E-state index is 10.6. The van der Waals surface area contributed by atoms with Gasteiger partial charge in [0, 0.05) is 6.54 Å². The van der Waals surface area contributed by atoms with Crippen molar-refractivity contribution in [1.82, 2.24) is 4.72 Å². The average Bonchev–Trinajstić information content (AvgIpc) is 2.14. The molecule has 0 aliphatic carbocycles. The molecule has 0 amide bonds. The molecule has 84 valence electrons. The summed E-state index contributed by atoms with van der Waals surface area (Å²) in [5.41, 5.74) is 2.13. The fourth-order valence-corrected chi connectivity index (χ4v) is 1.57. The normalized spacial score (nSPS) is 12.0. The van der Waals surface area contributed by atoms with Crippen LogP contribution < -0.4 is 9.86 Å². The quantitative estimate of drug-likeness (QED) is 0.810. The molecular formula is C10H16N2O2S. The minimum Gasteiger partial charge on any atom is -0.216 e. The SMILES string of the molecule is CC(C)c1ccc(CNS(N)(=O)=O)cc1. The van der Waals surface area contributed by atoms with E-state index in [0.29, 0.717) is 5.92 Å². The zero-order valence-electron chi connectivity index (χ0n) is 8.90. The molecule has 0 heterocycles. The van der Waals surface area contributed by atoms with Crippen molar-refractivity contribution in [3.63, 3.8) is 0 Å². The molecular weight excluding hydrogens is 212 g/mol. The maximum absolute atomic E-state index is 10.6. The Hall–Kier alpha value is -0.910. The second kappa shape index (κ2) is 4.74. The van der Waals surface area contributed by atoms with Gasteiger partial charge in [0.25, 0.3) is 10.2 Å². The van der Waals surface area contributed by atoms with Crippen LogP contribution in [0.1, 0.15) is 30.9 Å². The highest BCUT2D eigenvalue weighted by Crippen LogP contribution is 2.14. The van der Waals surface area contributed by atoms with Crippen molar-refractivity contribution in [2.45, 2.75) is 26.3 Å². The lowest BCUT2D eigenvalue weighted by Gasteiger charge is -2.06. The second-order valence-corrected chi connectivity index (χ2v) is 5.14. The first-order valence-electron chi connectivity index (χ1n) is 4.75. The van der Waals surface area contributed by atoms with E-state index in [1.54, 1.807) is 0 Å². The van der Waals surface area contributed by atoms with E-state index in [2.05, 4.69) is 18.6 Å². The molecule has 0 unspecified atom stereocenters. The summed E-state index contributed by atoms with van der Waals surface area (Å²) in [5, 5.41) is 4.82. The van der Waals surface area contributed by atoms with Crippen LogP contribution >= 0.6 is 0 Å². The van der Waals surface area contributed by atoms with Crippen molar-refractivity contribution in [3.8, 4) is 0 Å². The highest BCUT2D eigenvalue weighted by Gasteiger charge is 2.02. The average molecular weight is 228 g/mol. The molecule has 0 atom stereocenters. The predicted molar refractivity (Wildman–Crippen MR) is 60.5 cm³/mol. The molecule has 0 radical (unpaired) electrons. The lowest BCUT2D eigenvalue weighted by molar-refractivity contribution is 0.583. The molecule has 15 heavy (non-hydrogen) atoms. The van der Waals surface area contributed by atoms with Gasteiger partial charge in [0.05, 0.1) is 0 Å². The van der Waals surface area contributed by atoms with Crippen LogP contribution in [0.15, 0.2) is 24.3 Å². The van der Waals surface area contributed by atoms with Crippen LogP contribution in [0.4, 0.5) is 0 Å². The van der Waals surface area contributed by atoms with Gasteiger partial charge in [-0.2, -0.15) is 13.1 Å². The Morgan fingerprint density at radius 2 is 1.80 bits per heavy atom. The van der Waals surface area contributed by atoms with Gasteiger partial charge in [-0.15, -0.1) is 0 Å². The Morgan fingerprint density at radius 1 is 1.27 bits per heavy atom. The molecule has 0 aliphatic rings. The molecule has 0 aromatic heterocycles. The third-order valence-corrected chi connectivity index (χ3v) is 2.67. The van der Waals surface area contributed by atoms with Crippen LogP contribution in [0.3, 0.4) is 0 Å². The molecule has 5 heteroatoms. The van der Waals surface area contributed by atoms with E-state index in [-0.39, 0.29) is 6.54 Å². The summed E-state index contributed by atoms with van der Waals surface area (Å²) >= 11 is 0. The lowest BCUT2D eigenvalue weighted by atomic mass is 10.0. The number of hydrogen-bond acceptors (Lipinski definition) is 2. The van der Waals surface area contributed by atoms with Gasteiger partial charge in [-0.3, -0.25) is 0 Å². The minimum atomic E-state index is -3.60. The molecule has 4 nitrogen and oxygen atoms in total. The molecule has 0 aliphatic heterocycles. The Morgan fingerprint density at radius 3 is 2.20 bits per heavy atom. The summed E-state index contributed by atoms with van der Waals surface area (Å²) in [5.74, 6) is 0.477. The number of benzene rings is 1. The summed E-state index contributed by atoms with van der Waals surface area (Å²) in [4.78, 5) is 0. The van der Waals surface area contributed by atoms with Gasteiger partial charge in [0.1, 0.15) is 0 Å². The molecule has 1 aromatic rings. The van der Waals surface area contributed by atoms with Crippen molar-refractivity contribution in [3.05, 3.63) is 35.4 Å². The van der Waals surface area contributed by atoms with Crippen LogP contribution in [0.5, 0.6) is 0 Å². The fraction of sp³-hybridized carbons (Fsp3) is 0.400. The van der Waals surface area contributed by atoms with Gasteiger partial charge in [-0.05, 0) is 17.0 Å². The molecule has 1 rings (SSSR count). The zero-order valence-corrected chi connectivity index (χ0v) is 9.71. The van der Waals surface area contributed by atoms with E-state index in [1.807, 2.05) is 24.3 Å². The maximum Gasteiger partial charge on any atom is 0.274 e. The highest BCUT2D eigenvalue weighted by molar-refractivity contribution is 7.87. The Bertz CT molecular complexity index is 410. The number of nitrogens with two attached hydrogens (primary N) is 1. The topological polar surface area (TPSA) is 72.2 Å². The summed E-state index contributed by atoms with van der Waals surface area (Å²) in [6.45, 7) is 4.45. The van der Waals surface area contributed by atoms with Gasteiger partial charge in [0.2, 0.25) is 0 Å². The van der Waals surface area contributed by atoms with Gasteiger partial charge < -0.3 is 0 Å². The van der Waals surface area contributed by atoms with E-state index in [9.17, 15) is 8.42 Å². The number of hydrogen-bond donors (Lipinski definition) is 2. The van der Waals surface area contributed by atoms with Gasteiger partial charge in [0.15, 0.2) is 0 Å². The van der Waals surface area contributed by atoms with Crippen molar-refractivity contribution < 1.29 is 8.42 Å². The fourth-order valence-electron chi connectivity index (χ4n) is 1.20. The smallest absolute Gasteiger partial charge is 0.216 e. The van der Waals surface area contributed by atoms with E-state index in [4.69, 9.17) is 5.14 Å². The van der Waals surface area contributed by atoms with E-state index in [0.717, 1.165) is 5.56 Å². The molecule has 0 saturated carbocycles. The van der Waals surface area contributed by atoms with Gasteiger partial charge >= 0.3 is 0 Å². The molecule has 1 aromatic carbocycles. The van der Waals surface area contributed by atoms with Crippen LogP contribution in [-0.4, -0.2) is 8.42 Å². The van der Waals surface area contributed by atoms with Crippen LogP contribution in [0.2, 0.25) is 0 Å². The minimum absolute atomic E-state index is 0.233. The monoisotopic (exact) mass is 228 g/mol. The Labute approximate surface area is 90.7 Å². The van der Waals surface area contributed by atoms with E-state index < -0.39 is 10.2 Å². The summed E-state index contributed by atoms with van der Waals surface area (Å²) < 4.78 is 23.5. The van der Waals surface area contributed by atoms with Crippen molar-refractivity contribution in [1.29, 1.82) is 0 Å².